The van der Waals surface area contributed by atoms with Crippen LogP contribution in [0.1, 0.15) is 24.9 Å². The molecule has 5 nitrogen and oxygen atoms in total. The highest BCUT2D eigenvalue weighted by Crippen LogP contribution is 2.21. The van der Waals surface area contributed by atoms with Gasteiger partial charge in [-0.25, -0.2) is 4.98 Å². The van der Waals surface area contributed by atoms with Crippen molar-refractivity contribution in [3.63, 3.8) is 0 Å². The van der Waals surface area contributed by atoms with Gasteiger partial charge in [0.05, 0.1) is 11.6 Å². The molecule has 0 aliphatic heterocycles. The molecule has 0 radical (unpaired) electrons. The van der Waals surface area contributed by atoms with Crippen molar-refractivity contribution in [3.05, 3.63) is 11.5 Å². The zero-order valence-corrected chi connectivity index (χ0v) is 12.9. The maximum absolute atomic E-state index is 6.03. The average molecular weight is 284 g/mol. The van der Waals surface area contributed by atoms with E-state index in [1.54, 1.807) is 0 Å². The number of halogens is 1. The molecule has 0 aromatic carbocycles. The Hall–Kier alpha value is -1.07. The molecule has 6 heteroatoms. The highest BCUT2D eigenvalue weighted by atomic mass is 35.5. The van der Waals surface area contributed by atoms with E-state index in [9.17, 15) is 0 Å². The first kappa shape index (κ1) is 14.3. The van der Waals surface area contributed by atoms with E-state index in [1.807, 2.05) is 11.7 Å². The van der Waals surface area contributed by atoms with Gasteiger partial charge in [0.15, 0.2) is 5.65 Å². The van der Waals surface area contributed by atoms with Gasteiger partial charge in [0.1, 0.15) is 11.3 Å². The van der Waals surface area contributed by atoms with Crippen molar-refractivity contribution in [3.8, 4) is 0 Å². The van der Waals surface area contributed by atoms with Gasteiger partial charge in [-0.15, -0.1) is 11.6 Å². The highest BCUT2D eigenvalue weighted by molar-refractivity contribution is 6.16. The molecule has 2 rings (SSSR count). The first-order chi connectivity index (χ1) is 9.08. The molecule has 106 valence electrons. The van der Waals surface area contributed by atoms with E-state index >= 15 is 0 Å². The van der Waals surface area contributed by atoms with E-state index < -0.39 is 0 Å². The molecule has 2 heterocycles. The molecule has 0 aliphatic carbocycles. The van der Waals surface area contributed by atoms with Crippen molar-refractivity contribution >= 4 is 22.8 Å². The van der Waals surface area contributed by atoms with Crippen LogP contribution in [0.5, 0.6) is 0 Å². The number of hydrogen-bond donors (Lipinski definition) is 0. The fraction of sp³-hybridized carbons (Fsp3) is 0.692. The number of alkyl halides is 1. The van der Waals surface area contributed by atoms with Gasteiger partial charge in [0.25, 0.3) is 0 Å². The summed E-state index contributed by atoms with van der Waals surface area (Å²) < 4.78 is 4.13. The quantitative estimate of drug-likeness (QED) is 0.762. The lowest BCUT2D eigenvalue weighted by Gasteiger charge is -2.11. The summed E-state index contributed by atoms with van der Waals surface area (Å²) in [7, 11) is 6.15. The zero-order chi connectivity index (χ0) is 14.0. The van der Waals surface area contributed by atoms with Gasteiger partial charge in [0, 0.05) is 13.6 Å². The number of rotatable bonds is 6. The Kier molecular flexibility index (Phi) is 4.47. The predicted molar refractivity (Wildman–Crippen MR) is 78.6 cm³/mol. The average Bonchev–Trinajstić information content (AvgIpc) is 2.87. The molecule has 0 spiro atoms. The van der Waals surface area contributed by atoms with Gasteiger partial charge in [-0.1, -0.05) is 6.92 Å². The molecule has 0 unspecified atom stereocenters. The predicted octanol–water partition coefficient (Wildman–Crippen LogP) is 2.02. The maximum Gasteiger partial charge on any atom is 0.158 e. The number of hydrogen-bond acceptors (Lipinski definition) is 3. The molecule has 0 saturated carbocycles. The van der Waals surface area contributed by atoms with Crippen LogP contribution in [0.3, 0.4) is 0 Å². The van der Waals surface area contributed by atoms with Gasteiger partial charge in [-0.3, -0.25) is 4.68 Å². The molecule has 0 aliphatic rings. The second kappa shape index (κ2) is 5.92. The van der Waals surface area contributed by atoms with Crippen LogP contribution >= 0.6 is 11.6 Å². The van der Waals surface area contributed by atoms with Crippen LogP contribution in [0, 0.1) is 0 Å². The van der Waals surface area contributed by atoms with E-state index in [0.29, 0.717) is 5.88 Å². The standard InChI is InChI=1S/C13H22ClN5/c1-5-10-12-13(18(4)16-10)19(11(9-14)15-12)8-6-7-17(2)3/h5-9H2,1-4H3. The third-order valence-electron chi connectivity index (χ3n) is 3.31. The topological polar surface area (TPSA) is 38.9 Å². The normalized spacial score (nSPS) is 11.9. The Balaban J connectivity index is 2.36. The second-order valence-electron chi connectivity index (χ2n) is 5.07. The smallest absolute Gasteiger partial charge is 0.158 e. The Morgan fingerprint density at radius 3 is 2.63 bits per heavy atom. The summed E-state index contributed by atoms with van der Waals surface area (Å²) in [6.45, 7) is 4.09. The van der Waals surface area contributed by atoms with Crippen LogP contribution in [-0.2, 0) is 25.9 Å². The Bertz CT molecular complexity index is 555. The van der Waals surface area contributed by atoms with Crippen LogP contribution < -0.4 is 0 Å². The van der Waals surface area contributed by atoms with Gasteiger partial charge >= 0.3 is 0 Å². The second-order valence-corrected chi connectivity index (χ2v) is 5.33. The van der Waals surface area contributed by atoms with E-state index in [2.05, 4.69) is 40.6 Å². The summed E-state index contributed by atoms with van der Waals surface area (Å²) in [6, 6.07) is 0. The van der Waals surface area contributed by atoms with E-state index in [4.69, 9.17) is 11.6 Å². The summed E-state index contributed by atoms with van der Waals surface area (Å²) in [5, 5.41) is 4.53. The minimum Gasteiger partial charge on any atom is -0.312 e. The molecule has 0 N–H and O–H groups in total. The van der Waals surface area contributed by atoms with Crippen LogP contribution in [0.25, 0.3) is 11.2 Å². The van der Waals surface area contributed by atoms with Crippen molar-refractivity contribution in [2.24, 2.45) is 7.05 Å². The fourth-order valence-electron chi connectivity index (χ4n) is 2.41. The fourth-order valence-corrected chi connectivity index (χ4v) is 2.61. The van der Waals surface area contributed by atoms with Crippen molar-refractivity contribution in [1.29, 1.82) is 0 Å². The van der Waals surface area contributed by atoms with Crippen LogP contribution in [0.15, 0.2) is 0 Å². The molecular formula is C13H22ClN5. The van der Waals surface area contributed by atoms with Crippen LogP contribution in [0.4, 0.5) is 0 Å². The Morgan fingerprint density at radius 1 is 1.32 bits per heavy atom. The molecule has 0 atom stereocenters. The molecule has 19 heavy (non-hydrogen) atoms. The first-order valence-electron chi connectivity index (χ1n) is 6.70. The zero-order valence-electron chi connectivity index (χ0n) is 12.1. The van der Waals surface area contributed by atoms with Gasteiger partial charge in [0.2, 0.25) is 0 Å². The van der Waals surface area contributed by atoms with Crippen molar-refractivity contribution in [1.82, 2.24) is 24.2 Å². The molecule has 0 bridgehead atoms. The summed E-state index contributed by atoms with van der Waals surface area (Å²) in [4.78, 5) is 6.84. The highest BCUT2D eigenvalue weighted by Gasteiger charge is 2.17. The summed E-state index contributed by atoms with van der Waals surface area (Å²) in [5.41, 5.74) is 3.15. The van der Waals surface area contributed by atoms with Crippen LogP contribution in [0.2, 0.25) is 0 Å². The number of nitrogens with zero attached hydrogens (tertiary/aromatic N) is 5. The number of aromatic nitrogens is 4. The maximum atomic E-state index is 6.03. The Labute approximate surface area is 119 Å². The number of imidazole rings is 1. The monoisotopic (exact) mass is 283 g/mol. The molecular weight excluding hydrogens is 262 g/mol. The number of fused-ring (bicyclic) bond motifs is 1. The Morgan fingerprint density at radius 2 is 2.05 bits per heavy atom. The van der Waals surface area contributed by atoms with Gasteiger partial charge in [-0.2, -0.15) is 5.10 Å². The largest absolute Gasteiger partial charge is 0.312 e. The summed E-state index contributed by atoms with van der Waals surface area (Å²) in [6.07, 6.45) is 1.97. The van der Waals surface area contributed by atoms with Gasteiger partial charge < -0.3 is 9.47 Å². The van der Waals surface area contributed by atoms with E-state index in [-0.39, 0.29) is 0 Å². The molecule has 2 aromatic heterocycles. The lowest BCUT2D eigenvalue weighted by Crippen LogP contribution is -2.16. The van der Waals surface area contributed by atoms with Gasteiger partial charge in [-0.05, 0) is 33.5 Å². The SMILES string of the molecule is CCc1nn(C)c2c1nc(CCl)n2CCCN(C)C. The summed E-state index contributed by atoms with van der Waals surface area (Å²) >= 11 is 6.03. The van der Waals surface area contributed by atoms with Crippen LogP contribution in [-0.4, -0.2) is 44.9 Å². The molecule has 0 amide bonds. The third kappa shape index (κ3) is 2.77. The minimum absolute atomic E-state index is 0.444. The lowest BCUT2D eigenvalue weighted by molar-refractivity contribution is 0.386. The minimum atomic E-state index is 0.444. The lowest BCUT2D eigenvalue weighted by atomic mass is 10.3. The van der Waals surface area contributed by atoms with Crippen molar-refractivity contribution in [2.45, 2.75) is 32.2 Å². The van der Waals surface area contributed by atoms with Crippen molar-refractivity contribution in [2.75, 3.05) is 20.6 Å². The molecule has 0 fully saturated rings. The molecule has 2 aromatic rings. The van der Waals surface area contributed by atoms with E-state index in [0.717, 1.165) is 48.6 Å². The first-order valence-corrected chi connectivity index (χ1v) is 7.23. The third-order valence-corrected chi connectivity index (χ3v) is 3.55. The van der Waals surface area contributed by atoms with Crippen molar-refractivity contribution < 1.29 is 0 Å². The van der Waals surface area contributed by atoms with E-state index in [1.165, 1.54) is 0 Å². The summed E-state index contributed by atoms with van der Waals surface area (Å²) in [5.74, 6) is 1.39. The molecule has 0 saturated heterocycles. The number of aryl methyl sites for hydroxylation is 3.